The van der Waals surface area contributed by atoms with Gasteiger partial charge in [0, 0.05) is 12.1 Å². The first-order chi connectivity index (χ1) is 13.0. The number of ether oxygens (including phenoxy) is 4. The molecule has 144 valence electrons. The summed E-state index contributed by atoms with van der Waals surface area (Å²) in [5, 5.41) is 10.3. The van der Waals surface area contributed by atoms with E-state index in [4.69, 9.17) is 18.9 Å². The van der Waals surface area contributed by atoms with Gasteiger partial charge in [-0.05, 0) is 24.6 Å². The molecule has 1 saturated heterocycles. The first kappa shape index (κ1) is 18.8. The smallest absolute Gasteiger partial charge is 0.259 e. The van der Waals surface area contributed by atoms with Crippen LogP contribution in [0.2, 0.25) is 0 Å². The lowest BCUT2D eigenvalue weighted by Gasteiger charge is -2.44. The van der Waals surface area contributed by atoms with Crippen molar-refractivity contribution in [1.29, 1.82) is 0 Å². The van der Waals surface area contributed by atoms with Gasteiger partial charge in [-0.2, -0.15) is 0 Å². The van der Waals surface area contributed by atoms with Crippen molar-refractivity contribution in [3.05, 3.63) is 42.0 Å². The molecule has 1 fully saturated rings. The molecular formula is C20H23NO6. The van der Waals surface area contributed by atoms with E-state index in [2.05, 4.69) is 0 Å². The Bertz CT molecular complexity index is 795. The number of nitrogens with zero attached hydrogens (tertiary/aromatic N) is 1. The number of anilines is 1. The summed E-state index contributed by atoms with van der Waals surface area (Å²) in [5.41, 5.74) is 1.36. The Hall–Kier alpha value is -2.93. The number of methoxy groups -OCH3 is 3. The second-order valence-electron chi connectivity index (χ2n) is 5.98. The molecule has 27 heavy (non-hydrogen) atoms. The van der Waals surface area contributed by atoms with Crippen LogP contribution in [0.3, 0.4) is 0 Å². The Morgan fingerprint density at radius 2 is 1.59 bits per heavy atom. The number of aliphatic hydroxyl groups excluding tert-OH is 1. The van der Waals surface area contributed by atoms with E-state index in [1.807, 2.05) is 31.2 Å². The Morgan fingerprint density at radius 3 is 2.07 bits per heavy atom. The highest BCUT2D eigenvalue weighted by Crippen LogP contribution is 2.46. The van der Waals surface area contributed by atoms with Crippen LogP contribution in [0.4, 0.5) is 5.69 Å². The predicted molar refractivity (Wildman–Crippen MR) is 99.9 cm³/mol. The summed E-state index contributed by atoms with van der Waals surface area (Å²) in [6.45, 7) is 2.48. The zero-order chi connectivity index (χ0) is 19.6. The lowest BCUT2D eigenvalue weighted by molar-refractivity contribution is -0.137. The molecule has 0 bridgehead atoms. The minimum absolute atomic E-state index is 0.386. The van der Waals surface area contributed by atoms with Crippen LogP contribution in [0.5, 0.6) is 23.0 Å². The van der Waals surface area contributed by atoms with Crippen molar-refractivity contribution in [1.82, 2.24) is 0 Å². The van der Waals surface area contributed by atoms with Gasteiger partial charge in [-0.3, -0.25) is 9.69 Å². The first-order valence-corrected chi connectivity index (χ1v) is 8.59. The highest BCUT2D eigenvalue weighted by molar-refractivity contribution is 6.05. The quantitative estimate of drug-likeness (QED) is 0.752. The number of benzene rings is 2. The number of carbonyl (C=O) groups excluding carboxylic acids is 1. The summed E-state index contributed by atoms with van der Waals surface area (Å²) >= 11 is 0. The molecule has 0 aromatic heterocycles. The van der Waals surface area contributed by atoms with E-state index < -0.39 is 12.1 Å². The third-order valence-corrected chi connectivity index (χ3v) is 4.53. The average Bonchev–Trinajstić information content (AvgIpc) is 2.71. The van der Waals surface area contributed by atoms with E-state index in [9.17, 15) is 9.90 Å². The standard InChI is InChI=1S/C20H23NO6/c1-5-27-14-8-6-12(7-9-14)17-18(22)20(23)21(17)13-10-15(24-2)19(26-4)16(11-13)25-3/h6-11,17-18,22H,5H2,1-4H3. The van der Waals surface area contributed by atoms with Crippen LogP contribution in [0.1, 0.15) is 18.5 Å². The monoisotopic (exact) mass is 373 g/mol. The van der Waals surface area contributed by atoms with Gasteiger partial charge < -0.3 is 24.1 Å². The molecule has 0 saturated carbocycles. The maximum atomic E-state index is 12.4. The zero-order valence-corrected chi connectivity index (χ0v) is 15.8. The van der Waals surface area contributed by atoms with Gasteiger partial charge in [0.1, 0.15) is 5.75 Å². The minimum Gasteiger partial charge on any atom is -0.494 e. The highest BCUT2D eigenvalue weighted by Gasteiger charge is 2.48. The van der Waals surface area contributed by atoms with Crippen molar-refractivity contribution < 1.29 is 28.8 Å². The number of β-lactam (4-membered cyclic amide) rings is 1. The molecule has 0 spiro atoms. The molecule has 2 aromatic rings. The molecule has 0 aliphatic carbocycles. The third kappa shape index (κ3) is 3.26. The molecular weight excluding hydrogens is 350 g/mol. The maximum absolute atomic E-state index is 12.4. The Labute approximate surface area is 158 Å². The van der Waals surface area contributed by atoms with Crippen LogP contribution in [0, 0.1) is 0 Å². The van der Waals surface area contributed by atoms with Gasteiger partial charge >= 0.3 is 0 Å². The maximum Gasteiger partial charge on any atom is 0.259 e. The average molecular weight is 373 g/mol. The second-order valence-corrected chi connectivity index (χ2v) is 5.98. The van der Waals surface area contributed by atoms with Gasteiger partial charge in [-0.25, -0.2) is 0 Å². The fraction of sp³-hybridized carbons (Fsp3) is 0.350. The number of hydrogen-bond donors (Lipinski definition) is 1. The normalized spacial score (nSPS) is 18.7. The van der Waals surface area contributed by atoms with Gasteiger partial charge in [0.2, 0.25) is 5.75 Å². The van der Waals surface area contributed by atoms with E-state index in [1.165, 1.54) is 26.2 Å². The highest BCUT2D eigenvalue weighted by atomic mass is 16.5. The lowest BCUT2D eigenvalue weighted by atomic mass is 9.90. The van der Waals surface area contributed by atoms with Crippen molar-refractivity contribution >= 4 is 11.6 Å². The largest absolute Gasteiger partial charge is 0.494 e. The van der Waals surface area contributed by atoms with E-state index >= 15 is 0 Å². The molecule has 1 aliphatic heterocycles. The molecule has 2 unspecified atom stereocenters. The van der Waals surface area contributed by atoms with E-state index in [0.29, 0.717) is 29.5 Å². The molecule has 7 nitrogen and oxygen atoms in total. The molecule has 3 rings (SSSR count). The Balaban J connectivity index is 1.98. The van der Waals surface area contributed by atoms with E-state index in [-0.39, 0.29) is 5.91 Å². The minimum atomic E-state index is -1.11. The van der Waals surface area contributed by atoms with Crippen molar-refractivity contribution in [3.8, 4) is 23.0 Å². The summed E-state index contributed by atoms with van der Waals surface area (Å²) in [4.78, 5) is 13.9. The summed E-state index contributed by atoms with van der Waals surface area (Å²) in [5.74, 6) is 1.66. The fourth-order valence-corrected chi connectivity index (χ4v) is 3.23. The molecule has 1 amide bonds. The molecule has 1 N–H and O–H groups in total. The second kappa shape index (κ2) is 7.75. The molecule has 0 radical (unpaired) electrons. The molecule has 2 aromatic carbocycles. The van der Waals surface area contributed by atoms with Gasteiger partial charge in [0.05, 0.1) is 39.7 Å². The predicted octanol–water partition coefficient (Wildman–Crippen LogP) is 2.56. The van der Waals surface area contributed by atoms with Crippen molar-refractivity contribution in [2.75, 3.05) is 32.8 Å². The Morgan fingerprint density at radius 1 is 1.00 bits per heavy atom. The molecule has 1 aliphatic rings. The zero-order valence-electron chi connectivity index (χ0n) is 15.8. The first-order valence-electron chi connectivity index (χ1n) is 8.59. The Kier molecular flexibility index (Phi) is 5.41. The molecule has 2 atom stereocenters. The SMILES string of the molecule is CCOc1ccc(C2C(O)C(=O)N2c2cc(OC)c(OC)c(OC)c2)cc1. The van der Waals surface area contributed by atoms with Crippen molar-refractivity contribution in [3.63, 3.8) is 0 Å². The van der Waals surface area contributed by atoms with Crippen LogP contribution in [0.15, 0.2) is 36.4 Å². The fourth-order valence-electron chi connectivity index (χ4n) is 3.23. The van der Waals surface area contributed by atoms with Gasteiger partial charge in [0.15, 0.2) is 17.6 Å². The number of rotatable bonds is 7. The molecule has 7 heteroatoms. The van der Waals surface area contributed by atoms with Crippen LogP contribution in [-0.4, -0.2) is 45.1 Å². The molecule has 1 heterocycles. The van der Waals surface area contributed by atoms with Crippen LogP contribution >= 0.6 is 0 Å². The summed E-state index contributed by atoms with van der Waals surface area (Å²) in [7, 11) is 4.54. The number of amides is 1. The summed E-state index contributed by atoms with van der Waals surface area (Å²) in [6, 6.07) is 10.2. The topological polar surface area (TPSA) is 77.5 Å². The van der Waals surface area contributed by atoms with Gasteiger partial charge in [-0.1, -0.05) is 12.1 Å². The lowest BCUT2D eigenvalue weighted by Crippen LogP contribution is -2.59. The summed E-state index contributed by atoms with van der Waals surface area (Å²) < 4.78 is 21.5. The van der Waals surface area contributed by atoms with E-state index in [1.54, 1.807) is 12.1 Å². The van der Waals surface area contributed by atoms with Crippen LogP contribution < -0.4 is 23.8 Å². The van der Waals surface area contributed by atoms with E-state index in [0.717, 1.165) is 11.3 Å². The van der Waals surface area contributed by atoms with Crippen molar-refractivity contribution in [2.24, 2.45) is 0 Å². The van der Waals surface area contributed by atoms with Gasteiger partial charge in [-0.15, -0.1) is 0 Å². The van der Waals surface area contributed by atoms with Crippen molar-refractivity contribution in [2.45, 2.75) is 19.1 Å². The van der Waals surface area contributed by atoms with Crippen LogP contribution in [0.25, 0.3) is 0 Å². The summed E-state index contributed by atoms with van der Waals surface area (Å²) in [6.07, 6.45) is -1.11. The van der Waals surface area contributed by atoms with Crippen LogP contribution in [-0.2, 0) is 4.79 Å². The van der Waals surface area contributed by atoms with Gasteiger partial charge in [0.25, 0.3) is 5.91 Å². The number of aliphatic hydroxyl groups is 1. The number of hydrogen-bond acceptors (Lipinski definition) is 6. The number of carbonyl (C=O) groups is 1. The third-order valence-electron chi connectivity index (χ3n) is 4.53.